The van der Waals surface area contributed by atoms with Gasteiger partial charge < -0.3 is 21.7 Å². The normalized spacial score (nSPS) is 11.0. The molecule has 0 fully saturated rings. The van der Waals surface area contributed by atoms with Crippen LogP contribution in [0.1, 0.15) is 12.5 Å². The predicted octanol–water partition coefficient (Wildman–Crippen LogP) is 2.86. The van der Waals surface area contributed by atoms with Crippen molar-refractivity contribution in [3.63, 3.8) is 0 Å². The molecular formula is C27H24BrF2OP. The molecule has 0 spiro atoms. The van der Waals surface area contributed by atoms with Gasteiger partial charge in [0, 0.05) is 5.56 Å². The summed E-state index contributed by atoms with van der Waals surface area (Å²) in [5.74, 6) is -1.81. The van der Waals surface area contributed by atoms with Gasteiger partial charge in [-0.15, -0.1) is 0 Å². The zero-order valence-corrected chi connectivity index (χ0v) is 20.2. The van der Waals surface area contributed by atoms with Gasteiger partial charge in [-0.2, -0.15) is 4.39 Å². The first-order valence-electron chi connectivity index (χ1n) is 10.3. The van der Waals surface area contributed by atoms with E-state index < -0.39 is 18.9 Å². The highest BCUT2D eigenvalue weighted by atomic mass is 79.9. The van der Waals surface area contributed by atoms with Crippen LogP contribution in [0.5, 0.6) is 5.75 Å². The molecule has 0 unspecified atom stereocenters. The molecule has 0 radical (unpaired) electrons. The summed E-state index contributed by atoms with van der Waals surface area (Å²) in [6.07, 6.45) is 0.375. The van der Waals surface area contributed by atoms with Crippen LogP contribution in [0.2, 0.25) is 0 Å². The highest BCUT2D eigenvalue weighted by molar-refractivity contribution is 7.95. The monoisotopic (exact) mass is 512 g/mol. The van der Waals surface area contributed by atoms with Crippen molar-refractivity contribution in [3.05, 3.63) is 120 Å². The topological polar surface area (TPSA) is 9.23 Å². The minimum Gasteiger partial charge on any atom is -1.00 e. The Balaban J connectivity index is 0.00000289. The fraction of sp³-hybridized carbons (Fsp3) is 0.111. The van der Waals surface area contributed by atoms with Crippen LogP contribution in [0.15, 0.2) is 103 Å². The van der Waals surface area contributed by atoms with Crippen LogP contribution in [0.25, 0.3) is 0 Å². The Labute approximate surface area is 199 Å². The van der Waals surface area contributed by atoms with Crippen LogP contribution >= 0.6 is 7.26 Å². The maximum atomic E-state index is 15.2. The minimum atomic E-state index is -2.30. The lowest BCUT2D eigenvalue weighted by Gasteiger charge is -2.28. The summed E-state index contributed by atoms with van der Waals surface area (Å²) in [6.45, 7) is 2.03. The van der Waals surface area contributed by atoms with E-state index in [-0.39, 0.29) is 29.3 Å². The molecule has 0 N–H and O–H groups in total. The second-order valence-electron chi connectivity index (χ2n) is 7.26. The van der Waals surface area contributed by atoms with Gasteiger partial charge in [0.15, 0.2) is 11.6 Å². The Morgan fingerprint density at radius 3 is 1.47 bits per heavy atom. The summed E-state index contributed by atoms with van der Waals surface area (Å²) in [4.78, 5) is 0. The third-order valence-corrected chi connectivity index (χ3v) is 9.78. The Hall–Kier alpha value is -2.55. The van der Waals surface area contributed by atoms with Crippen molar-refractivity contribution in [1.29, 1.82) is 0 Å². The zero-order valence-electron chi connectivity index (χ0n) is 17.7. The fourth-order valence-corrected chi connectivity index (χ4v) is 8.23. The molecule has 0 atom stereocenters. The molecule has 0 aliphatic heterocycles. The molecule has 4 aromatic rings. The lowest BCUT2D eigenvalue weighted by atomic mass is 10.2. The van der Waals surface area contributed by atoms with Crippen molar-refractivity contribution >= 4 is 23.2 Å². The quantitative estimate of drug-likeness (QED) is 0.346. The average molecular weight is 513 g/mol. The Morgan fingerprint density at radius 2 is 1.06 bits per heavy atom. The number of benzene rings is 4. The van der Waals surface area contributed by atoms with Crippen molar-refractivity contribution in [1.82, 2.24) is 0 Å². The summed E-state index contributed by atoms with van der Waals surface area (Å²) in [6, 6.07) is 33.7. The summed E-state index contributed by atoms with van der Waals surface area (Å²) in [7, 11) is -2.30. The fourth-order valence-electron chi connectivity index (χ4n) is 3.98. The first-order chi connectivity index (χ1) is 15.2. The first-order valence-corrected chi connectivity index (χ1v) is 12.3. The van der Waals surface area contributed by atoms with Crippen LogP contribution in [-0.2, 0) is 6.16 Å². The molecule has 0 saturated heterocycles. The molecule has 0 heterocycles. The summed E-state index contributed by atoms with van der Waals surface area (Å²) in [5, 5.41) is 3.38. The lowest BCUT2D eigenvalue weighted by Crippen LogP contribution is -3.00. The number of hydrogen-bond acceptors (Lipinski definition) is 1. The highest BCUT2D eigenvalue weighted by Crippen LogP contribution is 2.58. The molecule has 0 aliphatic rings. The summed E-state index contributed by atoms with van der Waals surface area (Å²) in [5.41, 5.74) is 0.353. The molecule has 0 bridgehead atoms. The van der Waals surface area contributed by atoms with E-state index in [1.807, 2.05) is 54.6 Å². The molecule has 0 amide bonds. The van der Waals surface area contributed by atoms with E-state index >= 15 is 4.39 Å². The zero-order chi connectivity index (χ0) is 21.7. The summed E-state index contributed by atoms with van der Waals surface area (Å²) >= 11 is 0. The molecule has 0 saturated carbocycles. The van der Waals surface area contributed by atoms with Gasteiger partial charge in [0.2, 0.25) is 5.82 Å². The molecule has 32 heavy (non-hydrogen) atoms. The van der Waals surface area contributed by atoms with Crippen LogP contribution in [0.3, 0.4) is 0 Å². The SMILES string of the molecule is CCOc1ccc(C[P+](c2ccccc2)(c2ccccc2)c2ccccc2)c(F)c1F.[Br-]. The molecule has 1 nitrogen and oxygen atoms in total. The average Bonchev–Trinajstić information content (AvgIpc) is 2.83. The van der Waals surface area contributed by atoms with Gasteiger partial charge in [0.05, 0.1) is 6.61 Å². The van der Waals surface area contributed by atoms with Gasteiger partial charge >= 0.3 is 0 Å². The number of hydrogen-bond donors (Lipinski definition) is 0. The predicted molar refractivity (Wildman–Crippen MR) is 126 cm³/mol. The standard InChI is InChI=1S/C27H24F2OP.BrH/c1-2-30-25-19-18-21(26(28)27(25)29)20-31(22-12-6-3-7-13-22,23-14-8-4-9-15-23)24-16-10-5-11-17-24;/h3-19H,2,20H2,1H3;1H/q+1;/p-1. The van der Waals surface area contributed by atoms with Gasteiger partial charge in [0.1, 0.15) is 29.3 Å². The van der Waals surface area contributed by atoms with E-state index in [9.17, 15) is 4.39 Å². The van der Waals surface area contributed by atoms with E-state index in [0.29, 0.717) is 11.7 Å². The molecule has 0 aliphatic carbocycles. The van der Waals surface area contributed by atoms with E-state index in [1.165, 1.54) is 6.07 Å². The Morgan fingerprint density at radius 1 is 0.625 bits per heavy atom. The van der Waals surface area contributed by atoms with Crippen molar-refractivity contribution < 1.29 is 30.5 Å². The number of ether oxygens (including phenoxy) is 1. The Kier molecular flexibility index (Phi) is 8.17. The highest BCUT2D eigenvalue weighted by Gasteiger charge is 2.46. The van der Waals surface area contributed by atoms with Crippen LogP contribution in [-0.4, -0.2) is 6.61 Å². The van der Waals surface area contributed by atoms with E-state index in [1.54, 1.807) is 13.0 Å². The van der Waals surface area contributed by atoms with Gasteiger partial charge in [-0.25, -0.2) is 4.39 Å². The van der Waals surface area contributed by atoms with Crippen molar-refractivity contribution in [2.24, 2.45) is 0 Å². The first kappa shape index (κ1) is 24.1. The largest absolute Gasteiger partial charge is 1.00 e. The molecule has 4 rings (SSSR count). The second-order valence-corrected chi connectivity index (χ2v) is 10.7. The number of rotatable bonds is 7. The maximum Gasteiger partial charge on any atom is 0.201 e. The number of halogens is 3. The van der Waals surface area contributed by atoms with E-state index in [4.69, 9.17) is 4.74 Å². The van der Waals surface area contributed by atoms with Crippen molar-refractivity contribution in [2.45, 2.75) is 13.1 Å². The van der Waals surface area contributed by atoms with Crippen molar-refractivity contribution in [2.75, 3.05) is 6.61 Å². The Bertz CT molecular complexity index is 1040. The van der Waals surface area contributed by atoms with E-state index in [0.717, 1.165) is 15.9 Å². The third-order valence-electron chi connectivity index (χ3n) is 5.43. The van der Waals surface area contributed by atoms with E-state index in [2.05, 4.69) is 36.4 Å². The van der Waals surface area contributed by atoms with Gasteiger partial charge in [-0.1, -0.05) is 54.6 Å². The molecule has 4 aromatic carbocycles. The molecule has 5 heteroatoms. The maximum absolute atomic E-state index is 15.2. The van der Waals surface area contributed by atoms with Crippen LogP contribution in [0, 0.1) is 11.6 Å². The van der Waals surface area contributed by atoms with Gasteiger partial charge in [-0.05, 0) is 55.5 Å². The van der Waals surface area contributed by atoms with Crippen LogP contribution in [0.4, 0.5) is 8.78 Å². The van der Waals surface area contributed by atoms with Crippen molar-refractivity contribution in [3.8, 4) is 5.75 Å². The van der Waals surface area contributed by atoms with Crippen LogP contribution < -0.4 is 37.6 Å². The second kappa shape index (κ2) is 10.8. The molecule has 0 aromatic heterocycles. The minimum absolute atomic E-state index is 0. The third kappa shape index (κ3) is 4.62. The van der Waals surface area contributed by atoms with Gasteiger partial charge in [-0.3, -0.25) is 0 Å². The smallest absolute Gasteiger partial charge is 0.201 e. The lowest BCUT2D eigenvalue weighted by molar-refractivity contribution is -0.00000756. The summed E-state index contributed by atoms with van der Waals surface area (Å²) < 4.78 is 35.2. The molecule has 164 valence electrons. The van der Waals surface area contributed by atoms with Gasteiger partial charge in [0.25, 0.3) is 0 Å². The molecular weight excluding hydrogens is 489 g/mol.